The Labute approximate surface area is 175 Å². The largest absolute Gasteiger partial charge is 0.469 e. The molecule has 1 saturated heterocycles. The Bertz CT molecular complexity index is 946. The van der Waals surface area contributed by atoms with Crippen LogP contribution < -0.4 is 0 Å². The number of carbonyl (C=O) groups is 1. The Hall–Kier alpha value is -1.81. The number of carbonyl (C=O) groups excluding carboxylic acids is 1. The van der Waals surface area contributed by atoms with E-state index in [1.165, 1.54) is 16.6 Å². The zero-order valence-electron chi connectivity index (χ0n) is 15.3. The van der Waals surface area contributed by atoms with E-state index in [-0.39, 0.29) is 11.7 Å². The first-order chi connectivity index (χ1) is 13.6. The van der Waals surface area contributed by atoms with Gasteiger partial charge in [-0.25, -0.2) is 0 Å². The van der Waals surface area contributed by atoms with E-state index in [0.717, 1.165) is 48.4 Å². The van der Waals surface area contributed by atoms with E-state index in [1.54, 1.807) is 23.7 Å². The lowest BCUT2D eigenvalue weighted by atomic mass is 10.3. The van der Waals surface area contributed by atoms with Crippen molar-refractivity contribution in [3.8, 4) is 11.5 Å². The number of halogens is 1. The molecule has 1 fully saturated rings. The van der Waals surface area contributed by atoms with Crippen LogP contribution >= 0.6 is 34.7 Å². The molecule has 1 amide bonds. The van der Waals surface area contributed by atoms with Crippen LogP contribution in [0.2, 0.25) is 4.34 Å². The van der Waals surface area contributed by atoms with Gasteiger partial charge in [0, 0.05) is 37.6 Å². The van der Waals surface area contributed by atoms with Crippen LogP contribution in [0.4, 0.5) is 0 Å². The Morgan fingerprint density at radius 2 is 2.07 bits per heavy atom. The molecule has 3 aromatic rings. The van der Waals surface area contributed by atoms with Crippen molar-refractivity contribution in [1.29, 1.82) is 0 Å². The molecule has 4 rings (SSSR count). The van der Waals surface area contributed by atoms with Gasteiger partial charge in [0.1, 0.15) is 5.76 Å². The highest BCUT2D eigenvalue weighted by atomic mass is 35.5. The maximum Gasteiger partial charge on any atom is 0.277 e. The molecule has 0 N–H and O–H groups in total. The summed E-state index contributed by atoms with van der Waals surface area (Å²) in [5.74, 6) is 1.50. The number of aryl methyl sites for hydroxylation is 1. The van der Waals surface area contributed by atoms with Crippen molar-refractivity contribution in [3.05, 3.63) is 39.4 Å². The van der Waals surface area contributed by atoms with Gasteiger partial charge in [-0.05, 0) is 25.1 Å². The molecule has 0 aromatic carbocycles. The fourth-order valence-electron chi connectivity index (χ4n) is 3.01. The first kappa shape index (κ1) is 19.5. The van der Waals surface area contributed by atoms with Crippen LogP contribution in [-0.4, -0.2) is 57.8 Å². The Morgan fingerprint density at radius 1 is 1.25 bits per heavy atom. The summed E-state index contributed by atoms with van der Waals surface area (Å²) in [6.07, 6.45) is 1.58. The van der Waals surface area contributed by atoms with Gasteiger partial charge in [-0.3, -0.25) is 9.69 Å². The molecule has 0 unspecified atom stereocenters. The summed E-state index contributed by atoms with van der Waals surface area (Å²) in [4.78, 5) is 18.0. The first-order valence-corrected chi connectivity index (χ1v) is 11.0. The summed E-state index contributed by atoms with van der Waals surface area (Å²) < 4.78 is 11.7. The van der Waals surface area contributed by atoms with Crippen LogP contribution in [0.15, 0.2) is 38.5 Å². The quantitative estimate of drug-likeness (QED) is 0.542. The zero-order valence-corrected chi connectivity index (χ0v) is 17.6. The van der Waals surface area contributed by atoms with Gasteiger partial charge < -0.3 is 13.7 Å². The highest BCUT2D eigenvalue weighted by Crippen LogP contribution is 2.27. The van der Waals surface area contributed by atoms with Gasteiger partial charge >= 0.3 is 0 Å². The minimum Gasteiger partial charge on any atom is -0.469 e. The van der Waals surface area contributed by atoms with Crippen LogP contribution in [-0.2, 0) is 11.3 Å². The van der Waals surface area contributed by atoms with Crippen molar-refractivity contribution in [1.82, 2.24) is 20.0 Å². The summed E-state index contributed by atoms with van der Waals surface area (Å²) >= 11 is 8.86. The average molecular weight is 439 g/mol. The van der Waals surface area contributed by atoms with Gasteiger partial charge in [0.2, 0.25) is 5.91 Å². The van der Waals surface area contributed by atoms with E-state index in [1.807, 2.05) is 17.9 Å². The lowest BCUT2D eigenvalue weighted by Gasteiger charge is -2.34. The molecule has 10 heteroatoms. The second-order valence-electron chi connectivity index (χ2n) is 6.42. The number of hydrogen-bond acceptors (Lipinski definition) is 8. The van der Waals surface area contributed by atoms with E-state index in [4.69, 9.17) is 20.4 Å². The van der Waals surface area contributed by atoms with Crippen molar-refractivity contribution < 1.29 is 13.6 Å². The number of furan rings is 1. The van der Waals surface area contributed by atoms with Gasteiger partial charge in [-0.1, -0.05) is 23.4 Å². The molecular formula is C18H19ClN4O3S2. The van der Waals surface area contributed by atoms with Crippen LogP contribution in [0.5, 0.6) is 0 Å². The van der Waals surface area contributed by atoms with Gasteiger partial charge in [0.05, 0.1) is 21.9 Å². The molecular weight excluding hydrogens is 420 g/mol. The fraction of sp³-hybridized carbons (Fsp3) is 0.389. The van der Waals surface area contributed by atoms with Gasteiger partial charge in [0.15, 0.2) is 0 Å². The topological polar surface area (TPSA) is 75.6 Å². The minimum atomic E-state index is 0.0862. The predicted octanol–water partition coefficient (Wildman–Crippen LogP) is 3.79. The monoisotopic (exact) mass is 438 g/mol. The molecule has 0 spiro atoms. The molecule has 0 atom stereocenters. The molecule has 3 aromatic heterocycles. The minimum absolute atomic E-state index is 0.0862. The van der Waals surface area contributed by atoms with Gasteiger partial charge in [-0.2, -0.15) is 0 Å². The van der Waals surface area contributed by atoms with Crippen LogP contribution in [0.25, 0.3) is 11.5 Å². The van der Waals surface area contributed by atoms with E-state index in [2.05, 4.69) is 21.2 Å². The Balaban J connectivity index is 1.24. The number of thiophene rings is 1. The van der Waals surface area contributed by atoms with E-state index in [0.29, 0.717) is 11.1 Å². The molecule has 0 saturated carbocycles. The summed E-state index contributed by atoms with van der Waals surface area (Å²) in [6.45, 7) is 5.88. The molecule has 0 aliphatic carbocycles. The maximum atomic E-state index is 12.5. The maximum absolute atomic E-state index is 12.5. The van der Waals surface area contributed by atoms with Crippen LogP contribution in [0.3, 0.4) is 0 Å². The van der Waals surface area contributed by atoms with Crippen molar-refractivity contribution >= 4 is 40.6 Å². The lowest BCUT2D eigenvalue weighted by molar-refractivity contribution is -0.130. The second kappa shape index (κ2) is 8.69. The molecule has 0 bridgehead atoms. The van der Waals surface area contributed by atoms with Gasteiger partial charge in [-0.15, -0.1) is 21.5 Å². The van der Waals surface area contributed by atoms with E-state index >= 15 is 0 Å². The normalized spacial score (nSPS) is 15.3. The van der Waals surface area contributed by atoms with Crippen molar-refractivity contribution in [2.75, 3.05) is 31.9 Å². The van der Waals surface area contributed by atoms with Crippen LogP contribution in [0, 0.1) is 6.92 Å². The molecule has 148 valence electrons. The Kier molecular flexibility index (Phi) is 6.05. The van der Waals surface area contributed by atoms with Crippen LogP contribution in [0.1, 0.15) is 10.6 Å². The average Bonchev–Trinajstić information content (AvgIpc) is 3.42. The van der Waals surface area contributed by atoms with Crippen molar-refractivity contribution in [3.63, 3.8) is 0 Å². The molecule has 1 aliphatic rings. The van der Waals surface area contributed by atoms with Crippen molar-refractivity contribution in [2.24, 2.45) is 0 Å². The zero-order chi connectivity index (χ0) is 19.5. The highest BCUT2D eigenvalue weighted by molar-refractivity contribution is 7.99. The van der Waals surface area contributed by atoms with Gasteiger partial charge in [0.25, 0.3) is 11.1 Å². The van der Waals surface area contributed by atoms with E-state index in [9.17, 15) is 4.79 Å². The highest BCUT2D eigenvalue weighted by Gasteiger charge is 2.22. The number of aromatic nitrogens is 2. The van der Waals surface area contributed by atoms with E-state index < -0.39 is 0 Å². The predicted molar refractivity (Wildman–Crippen MR) is 109 cm³/mol. The summed E-state index contributed by atoms with van der Waals surface area (Å²) in [5, 5.41) is 8.42. The number of thioether (sulfide) groups is 1. The fourth-order valence-corrected chi connectivity index (χ4v) is 4.81. The first-order valence-electron chi connectivity index (χ1n) is 8.83. The summed E-state index contributed by atoms with van der Waals surface area (Å²) in [5.41, 5.74) is 0.772. The summed E-state index contributed by atoms with van der Waals surface area (Å²) in [7, 11) is 0. The third kappa shape index (κ3) is 4.60. The molecule has 4 heterocycles. The standard InChI is InChI=1S/C18H19ClN4O3S2/c1-12-14(4-9-25-12)17-20-21-18(26-17)27-11-16(24)23-7-5-22(6-8-23)10-13-2-3-15(19)28-13/h2-4,9H,5-8,10-11H2,1H3. The number of rotatable bonds is 6. The lowest BCUT2D eigenvalue weighted by Crippen LogP contribution is -2.48. The second-order valence-corrected chi connectivity index (χ2v) is 9.14. The molecule has 1 aliphatic heterocycles. The molecule has 0 radical (unpaired) electrons. The SMILES string of the molecule is Cc1occc1-c1nnc(SCC(=O)N2CCN(Cc3ccc(Cl)s3)CC2)o1. The number of hydrogen-bond donors (Lipinski definition) is 0. The molecule has 7 nitrogen and oxygen atoms in total. The Morgan fingerprint density at radius 3 is 2.75 bits per heavy atom. The number of amides is 1. The number of nitrogens with zero attached hydrogens (tertiary/aromatic N) is 4. The van der Waals surface area contributed by atoms with Crippen molar-refractivity contribution in [2.45, 2.75) is 18.7 Å². The number of piperazine rings is 1. The molecule has 28 heavy (non-hydrogen) atoms. The third-order valence-corrected chi connectivity index (χ3v) is 6.57. The smallest absolute Gasteiger partial charge is 0.277 e. The third-order valence-electron chi connectivity index (χ3n) is 4.55. The summed E-state index contributed by atoms with van der Waals surface area (Å²) in [6, 6.07) is 5.77.